The molecule has 0 amide bonds. The van der Waals surface area contributed by atoms with E-state index in [1.165, 1.54) is 0 Å². The van der Waals surface area contributed by atoms with Gasteiger partial charge >= 0.3 is 0 Å². The number of hydrogen-bond donors (Lipinski definition) is 1. The highest BCUT2D eigenvalue weighted by atomic mass is 16.3. The lowest BCUT2D eigenvalue weighted by molar-refractivity contribution is 0.0488. The summed E-state index contributed by atoms with van der Waals surface area (Å²) in [6, 6.07) is 0. The van der Waals surface area contributed by atoms with Crippen LogP contribution in [0.2, 0.25) is 0 Å². The van der Waals surface area contributed by atoms with Gasteiger partial charge in [0.05, 0.1) is 6.10 Å². The van der Waals surface area contributed by atoms with E-state index in [0.717, 1.165) is 19.5 Å². The molecule has 2 nitrogen and oxygen atoms in total. The molecule has 0 aromatic heterocycles. The summed E-state index contributed by atoms with van der Waals surface area (Å²) in [6.07, 6.45) is 0.788. The van der Waals surface area contributed by atoms with Gasteiger partial charge in [0.15, 0.2) is 0 Å². The van der Waals surface area contributed by atoms with Crippen molar-refractivity contribution in [2.45, 2.75) is 45.8 Å². The van der Waals surface area contributed by atoms with Crippen molar-refractivity contribution in [1.82, 2.24) is 4.90 Å². The molecule has 1 aliphatic rings. The van der Waals surface area contributed by atoms with Crippen molar-refractivity contribution in [3.63, 3.8) is 0 Å². The molecular formula is C10H21NO. The van der Waals surface area contributed by atoms with Gasteiger partial charge in [-0.1, -0.05) is 13.8 Å². The van der Waals surface area contributed by atoms with Crippen molar-refractivity contribution >= 4 is 0 Å². The van der Waals surface area contributed by atoms with Gasteiger partial charge in [-0.15, -0.1) is 0 Å². The summed E-state index contributed by atoms with van der Waals surface area (Å²) in [5.74, 6) is 0.689. The van der Waals surface area contributed by atoms with Crippen LogP contribution in [0.5, 0.6) is 0 Å². The van der Waals surface area contributed by atoms with Crippen molar-refractivity contribution < 1.29 is 5.11 Å². The minimum atomic E-state index is -0.142. The summed E-state index contributed by atoms with van der Waals surface area (Å²) < 4.78 is 0. The lowest BCUT2D eigenvalue weighted by atomic mass is 9.98. The normalized spacial score (nSPS) is 30.0. The van der Waals surface area contributed by atoms with Crippen LogP contribution in [0.15, 0.2) is 0 Å². The average molecular weight is 171 g/mol. The average Bonchev–Trinajstić information content (AvgIpc) is 2.15. The van der Waals surface area contributed by atoms with E-state index in [0.29, 0.717) is 5.92 Å². The standard InChI is InChI=1S/C10H21NO/c1-8(2)7-11-6-5-9(12)10(11,3)4/h8-9,12H,5-7H2,1-4H3. The molecule has 1 unspecified atom stereocenters. The molecule has 1 N–H and O–H groups in total. The van der Waals surface area contributed by atoms with Crippen LogP contribution in [0.3, 0.4) is 0 Å². The summed E-state index contributed by atoms with van der Waals surface area (Å²) in [4.78, 5) is 2.39. The second-order valence-electron chi connectivity index (χ2n) is 4.80. The minimum Gasteiger partial charge on any atom is -0.391 e. The number of nitrogens with zero attached hydrogens (tertiary/aromatic N) is 1. The van der Waals surface area contributed by atoms with E-state index < -0.39 is 0 Å². The quantitative estimate of drug-likeness (QED) is 0.680. The molecule has 0 saturated carbocycles. The Labute approximate surface area is 75.6 Å². The van der Waals surface area contributed by atoms with Gasteiger partial charge in [0.25, 0.3) is 0 Å². The number of aliphatic hydroxyl groups is 1. The number of hydrogen-bond acceptors (Lipinski definition) is 2. The Kier molecular flexibility index (Phi) is 2.79. The van der Waals surface area contributed by atoms with E-state index >= 15 is 0 Å². The zero-order valence-corrected chi connectivity index (χ0v) is 8.67. The van der Waals surface area contributed by atoms with Gasteiger partial charge in [-0.3, -0.25) is 4.90 Å². The Hall–Kier alpha value is -0.0800. The summed E-state index contributed by atoms with van der Waals surface area (Å²) in [7, 11) is 0. The largest absolute Gasteiger partial charge is 0.391 e. The highest BCUT2D eigenvalue weighted by molar-refractivity contribution is 4.95. The van der Waals surface area contributed by atoms with Crippen molar-refractivity contribution in [2.24, 2.45) is 5.92 Å². The molecule has 1 atom stereocenters. The van der Waals surface area contributed by atoms with E-state index in [1.807, 2.05) is 0 Å². The fraction of sp³-hybridized carbons (Fsp3) is 1.00. The third-order valence-electron chi connectivity index (χ3n) is 2.89. The maximum atomic E-state index is 9.70. The molecule has 1 saturated heterocycles. The molecule has 1 aliphatic heterocycles. The Morgan fingerprint density at radius 3 is 2.42 bits per heavy atom. The third kappa shape index (κ3) is 1.80. The van der Waals surface area contributed by atoms with Crippen molar-refractivity contribution in [2.75, 3.05) is 13.1 Å². The van der Waals surface area contributed by atoms with Gasteiger partial charge < -0.3 is 5.11 Å². The summed E-state index contributed by atoms with van der Waals surface area (Å²) >= 11 is 0. The van der Waals surface area contributed by atoms with Crippen LogP contribution >= 0.6 is 0 Å². The van der Waals surface area contributed by atoms with Gasteiger partial charge in [-0.25, -0.2) is 0 Å². The van der Waals surface area contributed by atoms with Crippen LogP contribution in [-0.2, 0) is 0 Å². The molecule has 1 rings (SSSR count). The highest BCUT2D eigenvalue weighted by Crippen LogP contribution is 2.29. The van der Waals surface area contributed by atoms with Crippen LogP contribution < -0.4 is 0 Å². The monoisotopic (exact) mass is 171 g/mol. The number of rotatable bonds is 2. The van der Waals surface area contributed by atoms with E-state index in [1.54, 1.807) is 0 Å². The van der Waals surface area contributed by atoms with Gasteiger partial charge in [0, 0.05) is 18.6 Å². The molecule has 0 aromatic rings. The van der Waals surface area contributed by atoms with Gasteiger partial charge in [0.1, 0.15) is 0 Å². The van der Waals surface area contributed by atoms with Gasteiger partial charge in [0.2, 0.25) is 0 Å². The Bertz CT molecular complexity index is 154. The number of likely N-dealkylation sites (tertiary alicyclic amines) is 1. The molecule has 0 bridgehead atoms. The minimum absolute atomic E-state index is 0.00965. The highest BCUT2D eigenvalue weighted by Gasteiger charge is 2.39. The molecule has 1 fully saturated rings. The SMILES string of the molecule is CC(C)CN1CCC(O)C1(C)C. The van der Waals surface area contributed by atoms with Crippen LogP contribution in [0.4, 0.5) is 0 Å². The van der Waals surface area contributed by atoms with E-state index in [-0.39, 0.29) is 11.6 Å². The fourth-order valence-corrected chi connectivity index (χ4v) is 1.90. The Balaban J connectivity index is 2.56. The second kappa shape index (κ2) is 3.35. The first-order chi connectivity index (χ1) is 5.44. The van der Waals surface area contributed by atoms with Crippen molar-refractivity contribution in [3.05, 3.63) is 0 Å². The molecule has 12 heavy (non-hydrogen) atoms. The zero-order valence-electron chi connectivity index (χ0n) is 8.67. The number of aliphatic hydroxyl groups excluding tert-OH is 1. The van der Waals surface area contributed by atoms with Crippen molar-refractivity contribution in [1.29, 1.82) is 0 Å². The Morgan fingerprint density at radius 2 is 2.08 bits per heavy atom. The van der Waals surface area contributed by atoms with Crippen LogP contribution in [0.1, 0.15) is 34.1 Å². The smallest absolute Gasteiger partial charge is 0.0730 e. The fourth-order valence-electron chi connectivity index (χ4n) is 1.90. The molecule has 0 aliphatic carbocycles. The summed E-state index contributed by atoms with van der Waals surface area (Å²) in [5, 5.41) is 9.70. The summed E-state index contributed by atoms with van der Waals surface area (Å²) in [5.41, 5.74) is -0.00965. The molecule has 0 aromatic carbocycles. The summed E-state index contributed by atoms with van der Waals surface area (Å²) in [6.45, 7) is 10.9. The first-order valence-corrected chi connectivity index (χ1v) is 4.87. The predicted octanol–water partition coefficient (Wildman–Crippen LogP) is 1.49. The maximum Gasteiger partial charge on any atom is 0.0730 e. The molecule has 2 heteroatoms. The lowest BCUT2D eigenvalue weighted by Gasteiger charge is -2.34. The van der Waals surface area contributed by atoms with E-state index in [9.17, 15) is 5.11 Å². The first kappa shape index (κ1) is 10.0. The second-order valence-corrected chi connectivity index (χ2v) is 4.80. The molecule has 1 heterocycles. The van der Waals surface area contributed by atoms with Gasteiger partial charge in [-0.2, -0.15) is 0 Å². The lowest BCUT2D eigenvalue weighted by Crippen LogP contribution is -2.46. The van der Waals surface area contributed by atoms with Crippen molar-refractivity contribution in [3.8, 4) is 0 Å². The Morgan fingerprint density at radius 1 is 1.50 bits per heavy atom. The molecular weight excluding hydrogens is 150 g/mol. The third-order valence-corrected chi connectivity index (χ3v) is 2.89. The van der Waals surface area contributed by atoms with Gasteiger partial charge in [-0.05, 0) is 26.2 Å². The van der Waals surface area contributed by atoms with Crippen LogP contribution in [-0.4, -0.2) is 34.7 Å². The van der Waals surface area contributed by atoms with E-state index in [4.69, 9.17) is 0 Å². The molecule has 0 radical (unpaired) electrons. The maximum absolute atomic E-state index is 9.70. The van der Waals surface area contributed by atoms with E-state index in [2.05, 4.69) is 32.6 Å². The predicted molar refractivity (Wildman–Crippen MR) is 51.1 cm³/mol. The zero-order chi connectivity index (χ0) is 9.35. The molecule has 0 spiro atoms. The van der Waals surface area contributed by atoms with Crippen LogP contribution in [0, 0.1) is 5.92 Å². The molecule has 72 valence electrons. The first-order valence-electron chi connectivity index (χ1n) is 4.87. The van der Waals surface area contributed by atoms with Crippen LogP contribution in [0.25, 0.3) is 0 Å². The topological polar surface area (TPSA) is 23.5 Å².